The Morgan fingerprint density at radius 3 is 2.57 bits per heavy atom. The second kappa shape index (κ2) is 3.91. The smallest absolute Gasteiger partial charge is 0.120 e. The number of hydrogen-bond acceptors (Lipinski definition) is 2. The number of phenolic OH excluding ortho intramolecular Hbond substituents is 1. The van der Waals surface area contributed by atoms with Crippen LogP contribution in [0, 0.1) is 0 Å². The van der Waals surface area contributed by atoms with Crippen molar-refractivity contribution in [3.05, 3.63) is 23.8 Å². The first-order valence-electron chi connectivity index (χ1n) is 5.38. The summed E-state index contributed by atoms with van der Waals surface area (Å²) in [7, 11) is 0. The molecule has 0 aliphatic carbocycles. The van der Waals surface area contributed by atoms with Crippen LogP contribution in [-0.4, -0.2) is 18.2 Å². The highest BCUT2D eigenvalue weighted by Crippen LogP contribution is 2.27. The van der Waals surface area contributed by atoms with Crippen molar-refractivity contribution in [3.8, 4) is 5.75 Å². The first kappa shape index (κ1) is 9.38. The van der Waals surface area contributed by atoms with Crippen molar-refractivity contribution < 1.29 is 5.11 Å². The summed E-state index contributed by atoms with van der Waals surface area (Å²) in [6.45, 7) is 4.32. The number of anilines is 1. The van der Waals surface area contributed by atoms with Crippen molar-refractivity contribution in [3.63, 3.8) is 0 Å². The number of hydrogen-bond donors (Lipinski definition) is 1. The van der Waals surface area contributed by atoms with Crippen molar-refractivity contribution in [1.29, 1.82) is 0 Å². The minimum absolute atomic E-state index is 0.442. The van der Waals surface area contributed by atoms with Crippen molar-refractivity contribution in [2.75, 3.05) is 18.0 Å². The molecule has 2 heteroatoms. The van der Waals surface area contributed by atoms with Gasteiger partial charge in [0, 0.05) is 24.8 Å². The summed E-state index contributed by atoms with van der Waals surface area (Å²) in [5.41, 5.74) is 2.20. The van der Waals surface area contributed by atoms with E-state index in [2.05, 4.69) is 17.9 Å². The van der Waals surface area contributed by atoms with Gasteiger partial charge in [-0.1, -0.05) is 13.0 Å². The standard InChI is InChI=1S/C12H17NO/c1-2-10-5-6-11(9-12(10)14)13-7-3-4-8-13/h5-6,9,14H,2-4,7-8H2,1H3. The molecule has 0 unspecified atom stereocenters. The lowest BCUT2D eigenvalue weighted by atomic mass is 10.1. The molecule has 0 aromatic heterocycles. The molecular weight excluding hydrogens is 174 g/mol. The number of rotatable bonds is 2. The van der Waals surface area contributed by atoms with Crippen LogP contribution in [0.3, 0.4) is 0 Å². The monoisotopic (exact) mass is 191 g/mol. The van der Waals surface area contributed by atoms with Crippen molar-refractivity contribution in [2.24, 2.45) is 0 Å². The molecule has 0 atom stereocenters. The topological polar surface area (TPSA) is 23.5 Å². The van der Waals surface area contributed by atoms with Crippen LogP contribution < -0.4 is 4.90 Å². The molecule has 1 aromatic carbocycles. The SMILES string of the molecule is CCc1ccc(N2CCCC2)cc1O. The molecular formula is C12H17NO. The maximum atomic E-state index is 9.73. The van der Waals surface area contributed by atoms with Gasteiger partial charge >= 0.3 is 0 Å². The third-order valence-electron chi connectivity index (χ3n) is 2.92. The molecule has 0 radical (unpaired) electrons. The molecule has 76 valence electrons. The molecule has 0 spiro atoms. The summed E-state index contributed by atoms with van der Waals surface area (Å²) in [6, 6.07) is 6.04. The predicted molar refractivity (Wildman–Crippen MR) is 58.9 cm³/mol. The van der Waals surface area contributed by atoms with Crippen LogP contribution >= 0.6 is 0 Å². The maximum Gasteiger partial charge on any atom is 0.120 e. The molecule has 14 heavy (non-hydrogen) atoms. The number of aromatic hydroxyl groups is 1. The second-order valence-electron chi connectivity index (χ2n) is 3.86. The van der Waals surface area contributed by atoms with Gasteiger partial charge in [0.15, 0.2) is 0 Å². The van der Waals surface area contributed by atoms with Crippen molar-refractivity contribution in [2.45, 2.75) is 26.2 Å². The first-order chi connectivity index (χ1) is 6.81. The number of aryl methyl sites for hydroxylation is 1. The zero-order chi connectivity index (χ0) is 9.97. The Balaban J connectivity index is 2.23. The molecule has 1 N–H and O–H groups in total. The third kappa shape index (κ3) is 1.69. The molecule has 1 fully saturated rings. The van der Waals surface area contributed by atoms with E-state index in [1.165, 1.54) is 12.8 Å². The average molecular weight is 191 g/mol. The van der Waals surface area contributed by atoms with Gasteiger partial charge in [-0.3, -0.25) is 0 Å². The van der Waals surface area contributed by atoms with Crippen LogP contribution in [0.2, 0.25) is 0 Å². The molecule has 1 saturated heterocycles. The number of nitrogens with zero attached hydrogens (tertiary/aromatic N) is 1. The zero-order valence-electron chi connectivity index (χ0n) is 8.66. The van der Waals surface area contributed by atoms with E-state index in [4.69, 9.17) is 0 Å². The Kier molecular flexibility index (Phi) is 2.62. The molecule has 1 heterocycles. The molecule has 0 bridgehead atoms. The van der Waals surface area contributed by atoms with E-state index in [0.29, 0.717) is 5.75 Å². The van der Waals surface area contributed by atoms with Gasteiger partial charge in [0.2, 0.25) is 0 Å². The third-order valence-corrected chi connectivity index (χ3v) is 2.92. The quantitative estimate of drug-likeness (QED) is 0.776. The van der Waals surface area contributed by atoms with Crippen LogP contribution in [0.4, 0.5) is 5.69 Å². The predicted octanol–water partition coefficient (Wildman–Crippen LogP) is 2.55. The fraction of sp³-hybridized carbons (Fsp3) is 0.500. The van der Waals surface area contributed by atoms with Crippen LogP contribution in [-0.2, 0) is 6.42 Å². The summed E-state index contributed by atoms with van der Waals surface area (Å²) in [5.74, 6) is 0.442. The molecule has 1 aromatic rings. The van der Waals surface area contributed by atoms with Crippen molar-refractivity contribution >= 4 is 5.69 Å². The zero-order valence-corrected chi connectivity index (χ0v) is 8.66. The highest BCUT2D eigenvalue weighted by atomic mass is 16.3. The van der Waals surface area contributed by atoms with E-state index < -0.39 is 0 Å². The van der Waals surface area contributed by atoms with E-state index >= 15 is 0 Å². The number of benzene rings is 1. The second-order valence-corrected chi connectivity index (χ2v) is 3.86. The highest BCUT2D eigenvalue weighted by molar-refractivity contribution is 5.53. The van der Waals surface area contributed by atoms with Gasteiger partial charge in [0.25, 0.3) is 0 Å². The first-order valence-corrected chi connectivity index (χ1v) is 5.38. The van der Waals surface area contributed by atoms with Gasteiger partial charge in [-0.2, -0.15) is 0 Å². The Labute approximate surface area is 85.2 Å². The largest absolute Gasteiger partial charge is 0.508 e. The van der Waals surface area contributed by atoms with E-state index in [-0.39, 0.29) is 0 Å². The molecule has 2 nitrogen and oxygen atoms in total. The van der Waals surface area contributed by atoms with Gasteiger partial charge in [-0.25, -0.2) is 0 Å². The lowest BCUT2D eigenvalue weighted by molar-refractivity contribution is 0.469. The van der Waals surface area contributed by atoms with E-state index in [0.717, 1.165) is 30.8 Å². The van der Waals surface area contributed by atoms with Gasteiger partial charge < -0.3 is 10.0 Å². The maximum absolute atomic E-state index is 9.73. The Morgan fingerprint density at radius 1 is 1.29 bits per heavy atom. The summed E-state index contributed by atoms with van der Waals surface area (Å²) < 4.78 is 0. The highest BCUT2D eigenvalue weighted by Gasteiger charge is 2.13. The lowest BCUT2D eigenvalue weighted by Crippen LogP contribution is -2.17. The van der Waals surface area contributed by atoms with Crippen molar-refractivity contribution in [1.82, 2.24) is 0 Å². The lowest BCUT2D eigenvalue weighted by Gasteiger charge is -2.18. The minimum Gasteiger partial charge on any atom is -0.508 e. The summed E-state index contributed by atoms with van der Waals surface area (Å²) in [5, 5.41) is 9.73. The molecule has 0 amide bonds. The van der Waals surface area contributed by atoms with Crippen LogP contribution in [0.1, 0.15) is 25.3 Å². The molecule has 1 aliphatic rings. The Hall–Kier alpha value is -1.18. The van der Waals surface area contributed by atoms with Crippen LogP contribution in [0.25, 0.3) is 0 Å². The summed E-state index contributed by atoms with van der Waals surface area (Å²) >= 11 is 0. The van der Waals surface area contributed by atoms with E-state index in [1.54, 1.807) is 0 Å². The summed E-state index contributed by atoms with van der Waals surface area (Å²) in [6.07, 6.45) is 3.44. The number of phenols is 1. The molecule has 1 aliphatic heterocycles. The average Bonchev–Trinajstić information content (AvgIpc) is 2.70. The molecule has 0 saturated carbocycles. The fourth-order valence-electron chi connectivity index (χ4n) is 2.02. The van der Waals surface area contributed by atoms with Crippen LogP contribution in [0.15, 0.2) is 18.2 Å². The van der Waals surface area contributed by atoms with E-state index in [1.807, 2.05) is 12.1 Å². The Morgan fingerprint density at radius 2 is 2.00 bits per heavy atom. The Bertz CT molecular complexity index is 316. The van der Waals surface area contributed by atoms with Gasteiger partial charge in [0.1, 0.15) is 5.75 Å². The summed E-state index contributed by atoms with van der Waals surface area (Å²) in [4.78, 5) is 2.33. The van der Waals surface area contributed by atoms with Gasteiger partial charge in [-0.05, 0) is 30.9 Å². The van der Waals surface area contributed by atoms with Gasteiger partial charge in [-0.15, -0.1) is 0 Å². The van der Waals surface area contributed by atoms with E-state index in [9.17, 15) is 5.11 Å². The normalized spacial score (nSPS) is 16.2. The van der Waals surface area contributed by atoms with Gasteiger partial charge in [0.05, 0.1) is 0 Å². The minimum atomic E-state index is 0.442. The molecule has 2 rings (SSSR count). The van der Waals surface area contributed by atoms with Crippen LogP contribution in [0.5, 0.6) is 5.75 Å². The fourth-order valence-corrected chi connectivity index (χ4v) is 2.02.